The van der Waals surface area contributed by atoms with Crippen LogP contribution in [0.5, 0.6) is 0 Å². The molecular weight excluding hydrogens is 669 g/mol. The van der Waals surface area contributed by atoms with Crippen molar-refractivity contribution in [2.75, 3.05) is 4.90 Å². The molecule has 0 aliphatic rings. The van der Waals surface area contributed by atoms with Gasteiger partial charge in [-0.3, -0.25) is 0 Å². The quantitative estimate of drug-likeness (QED) is 0.172. The van der Waals surface area contributed by atoms with Gasteiger partial charge in [0.25, 0.3) is 0 Å². The van der Waals surface area contributed by atoms with Gasteiger partial charge in [0.2, 0.25) is 0 Å². The first-order valence-electron chi connectivity index (χ1n) is 18.8. The van der Waals surface area contributed by atoms with E-state index in [1.807, 2.05) is 12.1 Å². The minimum Gasteiger partial charge on any atom is -0.456 e. The smallest absolute Gasteiger partial charge is 0.136 e. The van der Waals surface area contributed by atoms with Crippen molar-refractivity contribution < 1.29 is 4.42 Å². The summed E-state index contributed by atoms with van der Waals surface area (Å²) in [5, 5.41) is 7.19. The fraction of sp³-hybridized carbons (Fsp3) is 0. The number of benzene rings is 9. The maximum absolute atomic E-state index is 6.35. The van der Waals surface area contributed by atoms with Crippen LogP contribution in [0.4, 0.5) is 17.1 Å². The van der Waals surface area contributed by atoms with Crippen molar-refractivity contribution in [1.82, 2.24) is 4.57 Å². The van der Waals surface area contributed by atoms with Crippen LogP contribution >= 0.6 is 0 Å². The Hall–Kier alpha value is -7.36. The van der Waals surface area contributed by atoms with E-state index >= 15 is 0 Å². The van der Waals surface area contributed by atoms with Gasteiger partial charge in [-0.05, 0) is 94.2 Å². The number of nitrogens with zero attached hydrogens (tertiary/aromatic N) is 2. The van der Waals surface area contributed by atoms with E-state index in [4.69, 9.17) is 4.42 Å². The molecule has 0 unspecified atom stereocenters. The van der Waals surface area contributed by atoms with E-state index in [1.54, 1.807) is 0 Å². The lowest BCUT2D eigenvalue weighted by Crippen LogP contribution is -2.11. The molecule has 0 aliphatic carbocycles. The molecular formula is C52H34N2O. The van der Waals surface area contributed by atoms with E-state index in [1.165, 1.54) is 38.1 Å². The molecule has 0 fully saturated rings. The van der Waals surface area contributed by atoms with Crippen LogP contribution in [0.3, 0.4) is 0 Å². The molecule has 0 bridgehead atoms. The summed E-state index contributed by atoms with van der Waals surface area (Å²) in [7, 11) is 0. The molecule has 0 aliphatic heterocycles. The molecule has 258 valence electrons. The third-order valence-electron chi connectivity index (χ3n) is 11.0. The molecule has 3 heteroatoms. The first-order chi connectivity index (χ1) is 27.3. The van der Waals surface area contributed by atoms with Crippen molar-refractivity contribution in [2.45, 2.75) is 0 Å². The molecule has 0 atom stereocenters. The van der Waals surface area contributed by atoms with Crippen LogP contribution in [0, 0.1) is 0 Å². The molecule has 0 radical (unpaired) electrons. The predicted molar refractivity (Wildman–Crippen MR) is 231 cm³/mol. The van der Waals surface area contributed by atoms with Crippen molar-refractivity contribution in [3.8, 4) is 27.9 Å². The van der Waals surface area contributed by atoms with Crippen molar-refractivity contribution in [3.05, 3.63) is 206 Å². The number of aromatic nitrogens is 1. The number of anilines is 3. The van der Waals surface area contributed by atoms with Crippen LogP contribution in [-0.4, -0.2) is 4.57 Å². The standard InChI is InChI=1S/C52H34N2O/c1-2-14-37-34-41(32-29-35(37)13-1)53(47-22-7-5-19-44(47)45-21-12-26-51-52(45)46-20-6-10-25-50(46)55-51)39-30-27-36(28-31-39)38-15-11-16-40(33-38)54-48-23-8-3-17-42(48)43-18-4-9-24-49(43)54/h1-34H. The van der Waals surface area contributed by atoms with Crippen molar-refractivity contribution >= 4 is 71.6 Å². The number of rotatable bonds is 6. The van der Waals surface area contributed by atoms with Gasteiger partial charge >= 0.3 is 0 Å². The highest BCUT2D eigenvalue weighted by Gasteiger charge is 2.21. The fourth-order valence-electron chi connectivity index (χ4n) is 8.47. The number of hydrogen-bond acceptors (Lipinski definition) is 2. The van der Waals surface area contributed by atoms with Crippen LogP contribution in [-0.2, 0) is 0 Å². The molecule has 55 heavy (non-hydrogen) atoms. The van der Waals surface area contributed by atoms with Gasteiger partial charge in [0.15, 0.2) is 0 Å². The normalized spacial score (nSPS) is 11.6. The van der Waals surface area contributed by atoms with Crippen molar-refractivity contribution in [1.29, 1.82) is 0 Å². The summed E-state index contributed by atoms with van der Waals surface area (Å²) in [6.45, 7) is 0. The van der Waals surface area contributed by atoms with Crippen LogP contribution in [0.15, 0.2) is 211 Å². The van der Waals surface area contributed by atoms with E-state index in [2.05, 4.69) is 204 Å². The molecule has 0 saturated heterocycles. The minimum atomic E-state index is 0.887. The molecule has 9 aromatic carbocycles. The van der Waals surface area contributed by atoms with Crippen LogP contribution in [0.25, 0.3) is 82.5 Å². The van der Waals surface area contributed by atoms with Gasteiger partial charge in [-0.15, -0.1) is 0 Å². The average Bonchev–Trinajstić information content (AvgIpc) is 3.80. The molecule has 11 aromatic rings. The van der Waals surface area contributed by atoms with Gasteiger partial charge in [0, 0.05) is 44.2 Å². The van der Waals surface area contributed by atoms with E-state index in [9.17, 15) is 0 Å². The topological polar surface area (TPSA) is 21.3 Å². The zero-order valence-electron chi connectivity index (χ0n) is 29.9. The highest BCUT2D eigenvalue weighted by atomic mass is 16.3. The van der Waals surface area contributed by atoms with E-state index in [0.717, 1.165) is 61.4 Å². The zero-order chi connectivity index (χ0) is 36.3. The van der Waals surface area contributed by atoms with Gasteiger partial charge in [-0.1, -0.05) is 140 Å². The Balaban J connectivity index is 1.06. The molecule has 0 amide bonds. The van der Waals surface area contributed by atoms with Crippen LogP contribution < -0.4 is 4.90 Å². The number of hydrogen-bond donors (Lipinski definition) is 0. The summed E-state index contributed by atoms with van der Waals surface area (Å²) in [5.74, 6) is 0. The van der Waals surface area contributed by atoms with E-state index < -0.39 is 0 Å². The number of fused-ring (bicyclic) bond motifs is 7. The van der Waals surface area contributed by atoms with Gasteiger partial charge in [0.1, 0.15) is 11.2 Å². The highest BCUT2D eigenvalue weighted by Crippen LogP contribution is 2.45. The molecule has 11 rings (SSSR count). The lowest BCUT2D eigenvalue weighted by atomic mass is 9.96. The van der Waals surface area contributed by atoms with Crippen molar-refractivity contribution in [3.63, 3.8) is 0 Å². The van der Waals surface area contributed by atoms with Gasteiger partial charge < -0.3 is 13.9 Å². The lowest BCUT2D eigenvalue weighted by Gasteiger charge is -2.28. The Bertz CT molecular complexity index is 3170. The molecule has 3 nitrogen and oxygen atoms in total. The maximum Gasteiger partial charge on any atom is 0.136 e. The Morgan fingerprint density at radius 1 is 0.382 bits per heavy atom. The zero-order valence-corrected chi connectivity index (χ0v) is 29.9. The lowest BCUT2D eigenvalue weighted by molar-refractivity contribution is 0.669. The highest BCUT2D eigenvalue weighted by molar-refractivity contribution is 6.14. The molecule has 0 N–H and O–H groups in total. The SMILES string of the molecule is c1cc(-c2ccc(N(c3ccc4ccccc4c3)c3ccccc3-c3cccc4oc5ccccc5c34)cc2)cc(-n2c3ccccc3c3ccccc32)c1. The van der Waals surface area contributed by atoms with Crippen LogP contribution in [0.2, 0.25) is 0 Å². The summed E-state index contributed by atoms with van der Waals surface area (Å²) in [5.41, 5.74) is 13.2. The largest absolute Gasteiger partial charge is 0.456 e. The summed E-state index contributed by atoms with van der Waals surface area (Å²) in [6, 6.07) is 74.0. The predicted octanol–water partition coefficient (Wildman–Crippen LogP) is 14.6. The summed E-state index contributed by atoms with van der Waals surface area (Å²) in [6.07, 6.45) is 0. The Morgan fingerprint density at radius 2 is 1.00 bits per heavy atom. The number of para-hydroxylation sites is 4. The fourth-order valence-corrected chi connectivity index (χ4v) is 8.47. The van der Waals surface area contributed by atoms with E-state index in [-0.39, 0.29) is 0 Å². The Labute approximate surface area is 318 Å². The minimum absolute atomic E-state index is 0.887. The summed E-state index contributed by atoms with van der Waals surface area (Å²) >= 11 is 0. The average molecular weight is 703 g/mol. The third-order valence-corrected chi connectivity index (χ3v) is 11.0. The van der Waals surface area contributed by atoms with Crippen molar-refractivity contribution in [2.24, 2.45) is 0 Å². The molecule has 2 heterocycles. The van der Waals surface area contributed by atoms with Gasteiger partial charge in [0.05, 0.1) is 16.7 Å². The first kappa shape index (κ1) is 31.2. The molecule has 0 saturated carbocycles. The second-order valence-electron chi connectivity index (χ2n) is 14.1. The maximum atomic E-state index is 6.35. The van der Waals surface area contributed by atoms with E-state index in [0.29, 0.717) is 0 Å². The second-order valence-corrected chi connectivity index (χ2v) is 14.1. The number of furan rings is 1. The van der Waals surface area contributed by atoms with Gasteiger partial charge in [-0.25, -0.2) is 0 Å². The molecule has 2 aromatic heterocycles. The summed E-state index contributed by atoms with van der Waals surface area (Å²) < 4.78 is 8.73. The first-order valence-corrected chi connectivity index (χ1v) is 18.8. The van der Waals surface area contributed by atoms with Crippen LogP contribution in [0.1, 0.15) is 0 Å². The monoisotopic (exact) mass is 702 g/mol. The third kappa shape index (κ3) is 5.13. The van der Waals surface area contributed by atoms with Gasteiger partial charge in [-0.2, -0.15) is 0 Å². The Kier molecular flexibility index (Phi) is 7.17. The molecule has 0 spiro atoms. The Morgan fingerprint density at radius 3 is 1.82 bits per heavy atom. The second kappa shape index (κ2) is 12.6. The summed E-state index contributed by atoms with van der Waals surface area (Å²) in [4.78, 5) is 2.39.